The number of aryl methyl sites for hydroxylation is 2. The molecule has 0 spiro atoms. The van der Waals surface area contributed by atoms with Crippen molar-refractivity contribution < 1.29 is 17.6 Å². The summed E-state index contributed by atoms with van der Waals surface area (Å²) in [5, 5.41) is 0.936. The molecule has 1 atom stereocenters. The minimum Gasteiger partial charge on any atom is -0.450 e. The smallest absolute Gasteiger partial charge is 0.290 e. The summed E-state index contributed by atoms with van der Waals surface area (Å²) in [4.78, 5) is 27.7. The van der Waals surface area contributed by atoms with E-state index in [0.29, 0.717) is 22.4 Å². The fourth-order valence-electron chi connectivity index (χ4n) is 4.08. The lowest BCUT2D eigenvalue weighted by molar-refractivity contribution is 0.0648. The van der Waals surface area contributed by atoms with E-state index < -0.39 is 21.8 Å². The Balaban J connectivity index is 1.77. The summed E-state index contributed by atoms with van der Waals surface area (Å²) in [5.74, 6) is -0.705. The monoisotopic (exact) mass is 459 g/mol. The summed E-state index contributed by atoms with van der Waals surface area (Å²) < 4.78 is 30.0. The van der Waals surface area contributed by atoms with Crippen LogP contribution in [0, 0.1) is 13.8 Å². The van der Waals surface area contributed by atoms with Gasteiger partial charge in [-0.2, -0.15) is 0 Å². The maximum Gasteiger partial charge on any atom is 0.290 e. The molecule has 2 heterocycles. The Morgan fingerprint density at radius 1 is 1.19 bits per heavy atom. The molecule has 1 unspecified atom stereocenters. The van der Waals surface area contributed by atoms with Crippen molar-refractivity contribution in [1.82, 2.24) is 4.90 Å². The number of amides is 1. The molecule has 1 saturated heterocycles. The number of nitrogens with zero attached hydrogens (tertiary/aromatic N) is 1. The Hall–Kier alpha value is -2.64. The molecule has 0 bridgehead atoms. The Morgan fingerprint density at radius 3 is 2.65 bits per heavy atom. The molecule has 4 rings (SSSR count). The van der Waals surface area contributed by atoms with E-state index >= 15 is 0 Å². The summed E-state index contributed by atoms with van der Waals surface area (Å²) in [7, 11) is -3.22. The van der Waals surface area contributed by atoms with Crippen molar-refractivity contribution >= 4 is 38.3 Å². The van der Waals surface area contributed by atoms with E-state index in [1.807, 2.05) is 26.0 Å². The summed E-state index contributed by atoms with van der Waals surface area (Å²) >= 11 is 6.09. The number of sulfone groups is 1. The Labute approximate surface area is 185 Å². The zero-order valence-corrected chi connectivity index (χ0v) is 18.8. The lowest BCUT2D eigenvalue weighted by Gasteiger charge is -2.28. The SMILES string of the molecule is Cc1cc(C)c2oc(C(=O)N(Cc3cccc(Cl)c3)C3CCS(=O)(=O)C3)cc(=O)c2c1. The van der Waals surface area contributed by atoms with Gasteiger partial charge in [-0.05, 0) is 55.2 Å². The van der Waals surface area contributed by atoms with Crippen LogP contribution in [0.25, 0.3) is 11.0 Å². The lowest BCUT2D eigenvalue weighted by Crippen LogP contribution is -2.41. The second-order valence-corrected chi connectivity index (χ2v) is 10.7. The van der Waals surface area contributed by atoms with E-state index in [4.69, 9.17) is 16.0 Å². The van der Waals surface area contributed by atoms with E-state index in [1.165, 1.54) is 11.0 Å². The lowest BCUT2D eigenvalue weighted by atomic mass is 10.1. The van der Waals surface area contributed by atoms with Gasteiger partial charge >= 0.3 is 0 Å². The second-order valence-electron chi connectivity index (χ2n) is 8.05. The van der Waals surface area contributed by atoms with E-state index in [2.05, 4.69) is 0 Å². The Kier molecular flexibility index (Phi) is 5.66. The highest BCUT2D eigenvalue weighted by Gasteiger charge is 2.36. The number of hydrogen-bond donors (Lipinski definition) is 0. The van der Waals surface area contributed by atoms with Gasteiger partial charge in [0.1, 0.15) is 5.58 Å². The van der Waals surface area contributed by atoms with Crippen molar-refractivity contribution in [3.8, 4) is 0 Å². The van der Waals surface area contributed by atoms with Gasteiger partial charge in [-0.15, -0.1) is 0 Å². The third kappa shape index (κ3) is 4.52. The van der Waals surface area contributed by atoms with Crippen LogP contribution < -0.4 is 5.43 Å². The topological polar surface area (TPSA) is 84.7 Å². The third-order valence-corrected chi connectivity index (χ3v) is 7.51. The molecule has 2 aromatic carbocycles. The molecule has 0 N–H and O–H groups in total. The number of carbonyl (C=O) groups excluding carboxylic acids is 1. The van der Waals surface area contributed by atoms with E-state index in [9.17, 15) is 18.0 Å². The number of hydrogen-bond acceptors (Lipinski definition) is 5. The molecule has 1 aliphatic rings. The van der Waals surface area contributed by atoms with Gasteiger partial charge in [0.15, 0.2) is 21.0 Å². The second kappa shape index (κ2) is 8.13. The van der Waals surface area contributed by atoms with Crippen LogP contribution in [0.3, 0.4) is 0 Å². The van der Waals surface area contributed by atoms with E-state index in [-0.39, 0.29) is 29.2 Å². The molecule has 0 aliphatic carbocycles. The average Bonchev–Trinajstić information content (AvgIpc) is 3.06. The van der Waals surface area contributed by atoms with Crippen LogP contribution in [0.15, 0.2) is 51.7 Å². The van der Waals surface area contributed by atoms with Gasteiger partial charge < -0.3 is 9.32 Å². The molecular weight excluding hydrogens is 438 g/mol. The zero-order chi connectivity index (χ0) is 22.3. The maximum atomic E-state index is 13.5. The largest absolute Gasteiger partial charge is 0.450 e. The highest BCUT2D eigenvalue weighted by atomic mass is 35.5. The minimum absolute atomic E-state index is 0.0248. The van der Waals surface area contributed by atoms with Gasteiger partial charge in [0.05, 0.1) is 16.9 Å². The highest BCUT2D eigenvalue weighted by molar-refractivity contribution is 7.91. The zero-order valence-electron chi connectivity index (χ0n) is 17.2. The number of fused-ring (bicyclic) bond motifs is 1. The van der Waals surface area contributed by atoms with Gasteiger partial charge in [0.2, 0.25) is 0 Å². The molecule has 8 heteroatoms. The first-order valence-corrected chi connectivity index (χ1v) is 12.1. The summed E-state index contributed by atoms with van der Waals surface area (Å²) in [5.41, 5.74) is 2.50. The summed E-state index contributed by atoms with van der Waals surface area (Å²) in [6, 6.07) is 11.4. The molecule has 0 radical (unpaired) electrons. The van der Waals surface area contributed by atoms with Crippen molar-refractivity contribution in [2.75, 3.05) is 11.5 Å². The molecule has 6 nitrogen and oxygen atoms in total. The molecule has 1 amide bonds. The summed E-state index contributed by atoms with van der Waals surface area (Å²) in [6.45, 7) is 3.87. The first-order valence-electron chi connectivity index (χ1n) is 9.94. The molecule has 1 aromatic heterocycles. The fourth-order valence-corrected chi connectivity index (χ4v) is 6.02. The van der Waals surface area contributed by atoms with Gasteiger partial charge in [-0.25, -0.2) is 8.42 Å². The van der Waals surface area contributed by atoms with Crippen LogP contribution in [0.1, 0.15) is 33.7 Å². The van der Waals surface area contributed by atoms with Crippen molar-refractivity contribution in [2.45, 2.75) is 32.9 Å². The van der Waals surface area contributed by atoms with Crippen LogP contribution in [0.4, 0.5) is 0 Å². The Morgan fingerprint density at radius 2 is 1.97 bits per heavy atom. The molecular formula is C23H22ClNO5S. The standard InChI is InChI=1S/C23H22ClNO5S/c1-14-8-15(2)22-19(9-14)20(26)11-21(30-22)23(27)25(18-6-7-31(28,29)13-18)12-16-4-3-5-17(24)10-16/h3-5,8-11,18H,6-7,12-13H2,1-2H3. The average molecular weight is 460 g/mol. The molecule has 1 aliphatic heterocycles. The fraction of sp³-hybridized carbons (Fsp3) is 0.304. The van der Waals surface area contributed by atoms with Crippen LogP contribution >= 0.6 is 11.6 Å². The van der Waals surface area contributed by atoms with Crippen molar-refractivity contribution in [2.24, 2.45) is 0 Å². The first-order chi connectivity index (χ1) is 14.6. The number of halogens is 1. The molecule has 31 heavy (non-hydrogen) atoms. The highest BCUT2D eigenvalue weighted by Crippen LogP contribution is 2.25. The molecule has 3 aromatic rings. The molecule has 1 fully saturated rings. The summed E-state index contributed by atoms with van der Waals surface area (Å²) in [6.07, 6.45) is 0.338. The van der Waals surface area contributed by atoms with E-state index in [1.54, 1.807) is 24.3 Å². The number of carbonyl (C=O) groups is 1. The van der Waals surface area contributed by atoms with Gasteiger partial charge in [0.25, 0.3) is 5.91 Å². The van der Waals surface area contributed by atoms with Crippen LogP contribution in [0.5, 0.6) is 0 Å². The molecule has 162 valence electrons. The predicted octanol–water partition coefficient (Wildman–Crippen LogP) is 3.89. The first kappa shape index (κ1) is 21.6. The van der Waals surface area contributed by atoms with Crippen molar-refractivity contribution in [1.29, 1.82) is 0 Å². The minimum atomic E-state index is -3.22. The van der Waals surface area contributed by atoms with Gasteiger partial charge in [0, 0.05) is 23.7 Å². The third-order valence-electron chi connectivity index (χ3n) is 5.52. The van der Waals surface area contributed by atoms with Crippen LogP contribution in [-0.4, -0.2) is 36.8 Å². The molecule has 0 saturated carbocycles. The Bertz CT molecular complexity index is 1350. The normalized spacial score (nSPS) is 17.7. The number of rotatable bonds is 4. The number of benzene rings is 2. The van der Waals surface area contributed by atoms with E-state index in [0.717, 1.165) is 16.7 Å². The quantitative estimate of drug-likeness (QED) is 0.590. The van der Waals surface area contributed by atoms with Gasteiger partial charge in [-0.1, -0.05) is 29.8 Å². The predicted molar refractivity (Wildman–Crippen MR) is 120 cm³/mol. The van der Waals surface area contributed by atoms with Crippen molar-refractivity contribution in [3.05, 3.63) is 80.2 Å². The van der Waals surface area contributed by atoms with Crippen LogP contribution in [0.2, 0.25) is 5.02 Å². The maximum absolute atomic E-state index is 13.5. The van der Waals surface area contributed by atoms with Gasteiger partial charge in [-0.3, -0.25) is 9.59 Å². The van der Waals surface area contributed by atoms with Crippen molar-refractivity contribution in [3.63, 3.8) is 0 Å². The van der Waals surface area contributed by atoms with Crippen LogP contribution in [-0.2, 0) is 16.4 Å².